The lowest BCUT2D eigenvalue weighted by Crippen LogP contribution is -2.63. The van der Waals surface area contributed by atoms with Crippen LogP contribution in [0.2, 0.25) is 0 Å². The van der Waals surface area contributed by atoms with Crippen LogP contribution >= 0.6 is 0 Å². The van der Waals surface area contributed by atoms with Crippen molar-refractivity contribution in [1.29, 1.82) is 0 Å². The summed E-state index contributed by atoms with van der Waals surface area (Å²) in [5, 5.41) is 11.5. The summed E-state index contributed by atoms with van der Waals surface area (Å²) < 4.78 is 26.0. The zero-order valence-corrected chi connectivity index (χ0v) is 33.4. The van der Waals surface area contributed by atoms with Crippen molar-refractivity contribution < 1.29 is 32.4 Å². The highest BCUT2D eigenvalue weighted by atomic mass is 32.2. The number of nitrogens with one attached hydrogen (secondary N) is 4. The Morgan fingerprint density at radius 2 is 1.61 bits per heavy atom. The van der Waals surface area contributed by atoms with Gasteiger partial charge in [-0.1, -0.05) is 76.3 Å². The molecule has 1 saturated heterocycles. The topological polar surface area (TPSA) is 171 Å². The zero-order chi connectivity index (χ0) is 39.2. The number of nitrogens with zero attached hydrogens (tertiary/aromatic N) is 1. The van der Waals surface area contributed by atoms with E-state index >= 15 is 0 Å². The largest absolute Gasteiger partial charge is 0.346 e. The first kappa shape index (κ1) is 39.9. The van der Waals surface area contributed by atoms with Gasteiger partial charge in [-0.15, -0.1) is 6.58 Å². The van der Waals surface area contributed by atoms with Gasteiger partial charge in [0.15, 0.2) is 9.84 Å². The number of sulfone groups is 1. The smallest absolute Gasteiger partial charge is 0.315 e. The minimum atomic E-state index is -3.59. The van der Waals surface area contributed by atoms with Gasteiger partial charge in [-0.3, -0.25) is 19.2 Å². The van der Waals surface area contributed by atoms with Crippen LogP contribution in [0.1, 0.15) is 97.1 Å². The highest BCUT2D eigenvalue weighted by Crippen LogP contribution is 2.65. The average Bonchev–Trinajstić information content (AvgIpc) is 3.86. The summed E-state index contributed by atoms with van der Waals surface area (Å²) in [4.78, 5) is 71.0. The van der Waals surface area contributed by atoms with Crippen molar-refractivity contribution in [2.24, 2.45) is 29.1 Å². The predicted molar refractivity (Wildman–Crippen MR) is 206 cm³/mol. The lowest BCUT2D eigenvalue weighted by atomic mass is 9.83. The fourth-order valence-electron chi connectivity index (χ4n) is 9.32. The molecule has 4 aliphatic carbocycles. The van der Waals surface area contributed by atoms with E-state index in [4.69, 9.17) is 0 Å². The lowest BCUT2D eigenvalue weighted by Gasteiger charge is -2.40. The summed E-state index contributed by atoms with van der Waals surface area (Å²) >= 11 is 0. The molecule has 0 spiro atoms. The molecule has 1 aromatic rings. The van der Waals surface area contributed by atoms with Crippen molar-refractivity contribution in [3.05, 3.63) is 48.0 Å². The Labute approximate surface area is 320 Å². The van der Waals surface area contributed by atoms with Gasteiger partial charge in [0.2, 0.25) is 17.6 Å². The molecule has 5 atom stereocenters. The number of ketones is 1. The summed E-state index contributed by atoms with van der Waals surface area (Å²) in [5.74, 6) is -2.71. The minimum Gasteiger partial charge on any atom is -0.346 e. The Hall–Kier alpha value is -3.74. The third-order valence-electron chi connectivity index (χ3n) is 13.0. The molecule has 5 amide bonds. The van der Waals surface area contributed by atoms with Gasteiger partial charge in [-0.2, -0.15) is 0 Å². The standard InChI is InChI=1S/C41H59N5O7S/c1-7-19-42-36(49)34(47)30(20-25-15-16-25)43-35(48)33-31-29(40(31,5)6)23-46(33)37(50)32(28-21-26-13-9-10-14-27(26)22-28)44-38(51)45-41(17-11-8-12-18-41)24-54(52,53)39(2,3)4/h7,9-10,13-14,25,28-33H,1,8,11-12,15-24H2,2-6H3,(H,42,49)(H,43,48)(H2,44,45,51)/t29-,30?,31-,32-,33-/m0/s1. The second-order valence-corrected chi connectivity index (χ2v) is 21.0. The van der Waals surface area contributed by atoms with Gasteiger partial charge in [-0.05, 0) is 93.1 Å². The second kappa shape index (κ2) is 15.1. The highest BCUT2D eigenvalue weighted by Gasteiger charge is 2.70. The van der Waals surface area contributed by atoms with Crippen LogP contribution in [0.5, 0.6) is 0 Å². The molecule has 0 aromatic heterocycles. The van der Waals surface area contributed by atoms with Gasteiger partial charge >= 0.3 is 6.03 Å². The van der Waals surface area contributed by atoms with Gasteiger partial charge in [0.05, 0.1) is 22.1 Å². The number of benzene rings is 1. The van der Waals surface area contributed by atoms with Crippen molar-refractivity contribution in [2.45, 2.75) is 127 Å². The summed E-state index contributed by atoms with van der Waals surface area (Å²) in [6.07, 6.45) is 8.32. The van der Waals surface area contributed by atoms with Crippen LogP contribution in [0.4, 0.5) is 4.79 Å². The lowest BCUT2D eigenvalue weighted by molar-refractivity contribution is -0.144. The van der Waals surface area contributed by atoms with Crippen molar-refractivity contribution in [3.63, 3.8) is 0 Å². The number of piperidine rings is 1. The summed E-state index contributed by atoms with van der Waals surface area (Å²) in [6, 6.07) is 4.45. The average molecular weight is 766 g/mol. The molecule has 13 heteroatoms. The van der Waals surface area contributed by atoms with Crippen LogP contribution < -0.4 is 21.3 Å². The fourth-order valence-corrected chi connectivity index (χ4v) is 10.8. The first-order valence-electron chi connectivity index (χ1n) is 19.8. The minimum absolute atomic E-state index is 0.0500. The molecule has 4 N–H and O–H groups in total. The summed E-state index contributed by atoms with van der Waals surface area (Å²) in [7, 11) is -3.59. The number of carbonyl (C=O) groups excluding carboxylic acids is 5. The Balaban J connectivity index is 1.26. The number of likely N-dealkylation sites (tertiary alicyclic amines) is 1. The van der Waals surface area contributed by atoms with E-state index in [0.717, 1.165) is 43.2 Å². The van der Waals surface area contributed by atoms with E-state index in [9.17, 15) is 32.4 Å². The monoisotopic (exact) mass is 765 g/mol. The normalized spacial score (nSPS) is 25.4. The van der Waals surface area contributed by atoms with Crippen molar-refractivity contribution >= 4 is 39.4 Å². The van der Waals surface area contributed by atoms with Gasteiger partial charge in [0.25, 0.3) is 5.91 Å². The molecule has 6 rings (SSSR count). The van der Waals surface area contributed by atoms with Crippen LogP contribution in [0.25, 0.3) is 0 Å². The molecule has 12 nitrogen and oxygen atoms in total. The van der Waals surface area contributed by atoms with Crippen LogP contribution in [-0.2, 0) is 41.9 Å². The van der Waals surface area contributed by atoms with Crippen molar-refractivity contribution in [2.75, 3.05) is 18.8 Å². The van der Waals surface area contributed by atoms with Crippen molar-refractivity contribution in [3.8, 4) is 0 Å². The fraction of sp³-hybridized carbons (Fsp3) is 0.683. The van der Waals surface area contributed by atoms with Crippen LogP contribution in [0, 0.1) is 29.1 Å². The molecule has 296 valence electrons. The maximum Gasteiger partial charge on any atom is 0.315 e. The number of Topliss-reactive ketones (excluding diaryl/α,β-unsaturated/α-hetero) is 1. The first-order chi connectivity index (χ1) is 25.4. The molecule has 54 heavy (non-hydrogen) atoms. The molecule has 5 aliphatic rings. The molecule has 0 radical (unpaired) electrons. The highest BCUT2D eigenvalue weighted by molar-refractivity contribution is 7.92. The maximum atomic E-state index is 14.9. The number of urea groups is 1. The second-order valence-electron chi connectivity index (χ2n) is 18.2. The third kappa shape index (κ3) is 8.26. The number of rotatable bonds is 14. The van der Waals surface area contributed by atoms with Gasteiger partial charge < -0.3 is 26.2 Å². The van der Waals surface area contributed by atoms with Crippen molar-refractivity contribution in [1.82, 2.24) is 26.2 Å². The molecule has 1 aliphatic heterocycles. The Kier molecular flexibility index (Phi) is 11.1. The van der Waals surface area contributed by atoms with E-state index in [0.29, 0.717) is 38.6 Å². The first-order valence-corrected chi connectivity index (χ1v) is 21.4. The molecule has 1 aromatic carbocycles. The number of hydrogen-bond acceptors (Lipinski definition) is 7. The Bertz CT molecular complexity index is 1750. The number of amides is 5. The van der Waals surface area contributed by atoms with E-state index in [1.807, 2.05) is 24.3 Å². The van der Waals surface area contributed by atoms with Gasteiger partial charge in [0.1, 0.15) is 12.1 Å². The van der Waals surface area contributed by atoms with Gasteiger partial charge in [-0.25, -0.2) is 13.2 Å². The SMILES string of the molecule is C=CCNC(=O)C(=O)C(CC1CC1)NC(=O)[C@@H]1[C@@H]2[C@H](CN1C(=O)[C@@H](NC(=O)NC1(CS(=O)(=O)C(C)(C)C)CCCCC1)C1Cc3ccccc3C1)C2(C)C. The predicted octanol–water partition coefficient (Wildman–Crippen LogP) is 3.62. The molecule has 1 unspecified atom stereocenters. The van der Waals surface area contributed by atoms with E-state index < -0.39 is 61.9 Å². The van der Waals surface area contributed by atoms with Gasteiger partial charge in [0, 0.05) is 13.1 Å². The Morgan fingerprint density at radius 1 is 0.981 bits per heavy atom. The Morgan fingerprint density at radius 3 is 2.19 bits per heavy atom. The maximum absolute atomic E-state index is 14.9. The van der Waals surface area contributed by atoms with Crippen LogP contribution in [-0.4, -0.2) is 90.1 Å². The number of fused-ring (bicyclic) bond motifs is 2. The summed E-state index contributed by atoms with van der Waals surface area (Å²) in [5.41, 5.74) is 1.01. The molecule has 3 saturated carbocycles. The third-order valence-corrected chi connectivity index (χ3v) is 15.8. The molecular formula is C41H59N5O7S. The molecular weight excluding hydrogens is 707 g/mol. The molecule has 0 bridgehead atoms. The number of carbonyl (C=O) groups is 5. The summed E-state index contributed by atoms with van der Waals surface area (Å²) in [6.45, 7) is 13.2. The zero-order valence-electron chi connectivity index (χ0n) is 32.5. The number of hydrogen-bond donors (Lipinski definition) is 4. The van der Waals surface area contributed by atoms with E-state index in [1.54, 1.807) is 25.7 Å². The van der Waals surface area contributed by atoms with E-state index in [2.05, 4.69) is 41.7 Å². The van der Waals surface area contributed by atoms with Crippen LogP contribution in [0.3, 0.4) is 0 Å². The van der Waals surface area contributed by atoms with E-state index in [1.165, 1.54) is 6.08 Å². The van der Waals surface area contributed by atoms with Crippen LogP contribution in [0.15, 0.2) is 36.9 Å². The van der Waals surface area contributed by atoms with E-state index in [-0.39, 0.29) is 47.3 Å². The quantitative estimate of drug-likeness (QED) is 0.166. The molecule has 1 heterocycles. The molecule has 4 fully saturated rings.